The van der Waals surface area contributed by atoms with Gasteiger partial charge in [-0.2, -0.15) is 0 Å². The summed E-state index contributed by atoms with van der Waals surface area (Å²) in [7, 11) is 1.81. The molecule has 3 rings (SSSR count). The molecule has 1 aromatic carbocycles. The Morgan fingerprint density at radius 2 is 2.24 bits per heavy atom. The first-order valence-corrected chi connectivity index (χ1v) is 8.18. The molecule has 0 amide bonds. The highest BCUT2D eigenvalue weighted by atomic mass is 35.5. The molecule has 8 heteroatoms. The van der Waals surface area contributed by atoms with Gasteiger partial charge < -0.3 is 15.0 Å². The molecule has 0 saturated carbocycles. The van der Waals surface area contributed by atoms with E-state index in [9.17, 15) is 14.9 Å². The smallest absolute Gasteiger partial charge is 0.328 e. The Morgan fingerprint density at radius 1 is 1.48 bits per heavy atom. The van der Waals surface area contributed by atoms with Crippen LogP contribution < -0.4 is 10.2 Å². The van der Waals surface area contributed by atoms with Gasteiger partial charge in [-0.25, -0.2) is 4.79 Å². The highest BCUT2D eigenvalue weighted by Gasteiger charge is 2.33. The summed E-state index contributed by atoms with van der Waals surface area (Å²) >= 11 is 0. The molecule has 7 nitrogen and oxygen atoms in total. The van der Waals surface area contributed by atoms with Gasteiger partial charge in [0, 0.05) is 13.1 Å². The zero-order valence-corrected chi connectivity index (χ0v) is 15.1. The predicted molar refractivity (Wildman–Crippen MR) is 96.9 cm³/mol. The van der Waals surface area contributed by atoms with Crippen LogP contribution in [0.3, 0.4) is 0 Å². The van der Waals surface area contributed by atoms with Crippen molar-refractivity contribution in [3.8, 4) is 0 Å². The van der Waals surface area contributed by atoms with Gasteiger partial charge in [-0.05, 0) is 43.7 Å². The number of nitrogens with zero attached hydrogens (tertiary/aromatic N) is 2. The van der Waals surface area contributed by atoms with Gasteiger partial charge in [-0.3, -0.25) is 10.1 Å². The number of carbonyl (C=O) groups is 1. The number of benzene rings is 1. The van der Waals surface area contributed by atoms with E-state index in [0.717, 1.165) is 24.2 Å². The van der Waals surface area contributed by atoms with Crippen LogP contribution in [-0.2, 0) is 16.0 Å². The van der Waals surface area contributed by atoms with E-state index in [0.29, 0.717) is 25.1 Å². The van der Waals surface area contributed by atoms with Gasteiger partial charge >= 0.3 is 5.97 Å². The summed E-state index contributed by atoms with van der Waals surface area (Å²) in [5.41, 5.74) is 2.80. The summed E-state index contributed by atoms with van der Waals surface area (Å²) in [6, 6.07) is 4.75. The largest absolute Gasteiger partial charge is 0.464 e. The number of hydrogen-bond donors (Lipinski definition) is 1. The Morgan fingerprint density at radius 3 is 2.92 bits per heavy atom. The maximum atomic E-state index is 12.1. The van der Waals surface area contributed by atoms with Gasteiger partial charge in [0.15, 0.2) is 0 Å². The number of rotatable bonds is 3. The minimum absolute atomic E-state index is 0. The van der Waals surface area contributed by atoms with Gasteiger partial charge in [0.25, 0.3) is 5.69 Å². The van der Waals surface area contributed by atoms with Crippen molar-refractivity contribution in [2.24, 2.45) is 0 Å². The first-order valence-electron chi connectivity index (χ1n) is 8.18. The van der Waals surface area contributed by atoms with E-state index in [2.05, 4.69) is 5.32 Å². The van der Waals surface area contributed by atoms with Gasteiger partial charge in [0.2, 0.25) is 0 Å². The molecular weight excluding hydrogens is 346 g/mol. The van der Waals surface area contributed by atoms with Crippen molar-refractivity contribution in [3.63, 3.8) is 0 Å². The summed E-state index contributed by atoms with van der Waals surface area (Å²) in [6.45, 7) is 2.12. The lowest BCUT2D eigenvalue weighted by Crippen LogP contribution is -2.43. The molecule has 0 saturated heterocycles. The Balaban J connectivity index is 0.00000225. The van der Waals surface area contributed by atoms with Crippen molar-refractivity contribution in [2.75, 3.05) is 18.6 Å². The maximum absolute atomic E-state index is 12.1. The molecule has 1 N–H and O–H groups in total. The fraction of sp³-hybridized carbons (Fsp3) is 0.471. The normalized spacial score (nSPS) is 19.0. The van der Waals surface area contributed by atoms with E-state index in [1.807, 2.05) is 11.0 Å². The van der Waals surface area contributed by atoms with Gasteiger partial charge in [0.05, 0.1) is 11.5 Å². The second-order valence-electron chi connectivity index (χ2n) is 6.07. The fourth-order valence-corrected chi connectivity index (χ4v) is 3.50. The van der Waals surface area contributed by atoms with E-state index in [4.69, 9.17) is 4.74 Å². The SMILES string of the molecule is CCOC(=O)C1CCCC2=C(N1)N(C)c1c(cccc1[N+](=O)[O-])C2.Cl. The second-order valence-corrected chi connectivity index (χ2v) is 6.07. The molecule has 25 heavy (non-hydrogen) atoms. The summed E-state index contributed by atoms with van der Waals surface area (Å²) < 4.78 is 5.13. The lowest BCUT2D eigenvalue weighted by Gasteiger charge is -2.33. The van der Waals surface area contributed by atoms with E-state index >= 15 is 0 Å². The lowest BCUT2D eigenvalue weighted by molar-refractivity contribution is -0.384. The zero-order chi connectivity index (χ0) is 17.3. The van der Waals surface area contributed by atoms with Crippen LogP contribution in [0.15, 0.2) is 29.6 Å². The minimum Gasteiger partial charge on any atom is -0.464 e. The van der Waals surface area contributed by atoms with Crippen LogP contribution in [0.25, 0.3) is 0 Å². The number of ether oxygens (including phenoxy) is 1. The van der Waals surface area contributed by atoms with Crippen molar-refractivity contribution in [1.29, 1.82) is 0 Å². The van der Waals surface area contributed by atoms with Crippen LogP contribution in [0.2, 0.25) is 0 Å². The molecule has 2 aliphatic rings. The first-order chi connectivity index (χ1) is 11.5. The highest BCUT2D eigenvalue weighted by Crippen LogP contribution is 2.40. The summed E-state index contributed by atoms with van der Waals surface area (Å²) in [4.78, 5) is 24.9. The number of fused-ring (bicyclic) bond motifs is 1. The summed E-state index contributed by atoms with van der Waals surface area (Å²) in [6.07, 6.45) is 3.11. The number of para-hydroxylation sites is 1. The number of nitrogens with one attached hydrogen (secondary N) is 1. The third kappa shape index (κ3) is 3.56. The number of carbonyl (C=O) groups excluding carboxylic acids is 1. The van der Waals surface area contributed by atoms with Crippen molar-refractivity contribution in [2.45, 2.75) is 38.6 Å². The lowest BCUT2D eigenvalue weighted by atomic mass is 9.94. The van der Waals surface area contributed by atoms with Crippen molar-refractivity contribution in [1.82, 2.24) is 5.32 Å². The Bertz CT molecular complexity index is 720. The maximum Gasteiger partial charge on any atom is 0.328 e. The summed E-state index contributed by atoms with van der Waals surface area (Å²) in [5.74, 6) is 0.528. The van der Waals surface area contributed by atoms with E-state index < -0.39 is 6.04 Å². The minimum atomic E-state index is -0.413. The molecule has 1 atom stereocenters. The average Bonchev–Trinajstić information content (AvgIpc) is 2.77. The third-order valence-corrected chi connectivity index (χ3v) is 4.56. The molecule has 0 radical (unpaired) electrons. The average molecular weight is 368 g/mol. The molecule has 0 spiro atoms. The van der Waals surface area contributed by atoms with Crippen LogP contribution in [0.5, 0.6) is 0 Å². The van der Waals surface area contributed by atoms with Crippen LogP contribution in [0.1, 0.15) is 31.7 Å². The number of nitro groups is 1. The number of halogens is 1. The molecule has 2 heterocycles. The van der Waals surface area contributed by atoms with E-state index in [1.54, 1.807) is 20.0 Å². The number of anilines is 1. The highest BCUT2D eigenvalue weighted by molar-refractivity contribution is 5.85. The van der Waals surface area contributed by atoms with Crippen molar-refractivity contribution >= 4 is 29.8 Å². The number of nitro benzene ring substituents is 1. The molecule has 0 fully saturated rings. The third-order valence-electron chi connectivity index (χ3n) is 4.56. The molecule has 0 aromatic heterocycles. The molecule has 2 aliphatic heterocycles. The Kier molecular flexibility index (Phi) is 5.89. The molecule has 1 aromatic rings. The topological polar surface area (TPSA) is 84.7 Å². The molecule has 0 bridgehead atoms. The number of allylic oxidation sites excluding steroid dienone is 1. The van der Waals surface area contributed by atoms with Gasteiger partial charge in [0.1, 0.15) is 17.6 Å². The first kappa shape index (κ1) is 19.1. The van der Waals surface area contributed by atoms with Crippen LogP contribution >= 0.6 is 12.4 Å². The van der Waals surface area contributed by atoms with Crippen LogP contribution in [0.4, 0.5) is 11.4 Å². The predicted octanol–water partition coefficient (Wildman–Crippen LogP) is 2.93. The van der Waals surface area contributed by atoms with Gasteiger partial charge in [-0.15, -0.1) is 12.4 Å². The van der Waals surface area contributed by atoms with Gasteiger partial charge in [-0.1, -0.05) is 12.1 Å². The van der Waals surface area contributed by atoms with Crippen molar-refractivity contribution in [3.05, 3.63) is 45.3 Å². The monoisotopic (exact) mass is 367 g/mol. The van der Waals surface area contributed by atoms with Crippen LogP contribution in [0, 0.1) is 10.1 Å². The van der Waals surface area contributed by atoms with E-state index in [1.165, 1.54) is 11.6 Å². The number of esters is 1. The molecular formula is C17H22ClN3O4. The van der Waals surface area contributed by atoms with Crippen LogP contribution in [-0.4, -0.2) is 30.6 Å². The summed E-state index contributed by atoms with van der Waals surface area (Å²) in [5, 5.41) is 14.6. The Hall–Kier alpha value is -2.28. The molecule has 136 valence electrons. The Labute approximate surface area is 152 Å². The molecule has 0 aliphatic carbocycles. The fourth-order valence-electron chi connectivity index (χ4n) is 3.50. The van der Waals surface area contributed by atoms with Crippen molar-refractivity contribution < 1.29 is 14.5 Å². The standard InChI is InChI=1S/C17H21N3O4.ClH/c1-3-24-17(21)13-8-4-7-12-10-11-6-5-9-14(20(22)23)15(11)19(2)16(12)18-13;/h5-6,9,13,18H,3-4,7-8,10H2,1-2H3;1H. The quantitative estimate of drug-likeness (QED) is 0.502. The molecule has 1 unspecified atom stereocenters. The second kappa shape index (κ2) is 7.74. The number of hydrogen-bond acceptors (Lipinski definition) is 6. The van der Waals surface area contributed by atoms with E-state index in [-0.39, 0.29) is 29.0 Å². The zero-order valence-electron chi connectivity index (χ0n) is 14.3.